The summed E-state index contributed by atoms with van der Waals surface area (Å²) in [7, 11) is 4.96. The van der Waals surface area contributed by atoms with Crippen molar-refractivity contribution >= 4 is 30.1 Å². The third-order valence-corrected chi connectivity index (χ3v) is 19.7. The Labute approximate surface area is 408 Å². The summed E-state index contributed by atoms with van der Waals surface area (Å²) in [5.41, 5.74) is -1.44. The standard InChI is InChI=1S/C50H82F6N3O5PS2/c1-10-24-48(49(51,52)53,50(54,55)56)62-31-16-30-61-45-22-21-44-43-19-17-39-36-40(18-20-41(39)42(43)23-25-47(44,45)8)60-34-29-58(9)28-26-46(6,7)67-66-35-14-12-11-13-32-63-65(64-33-15-27-57)59(37(2)3)38(4)5/h18,20,36-38,42-45H,10-17,19,21-26,28-35H2,1-9H3/t42-,43-,44+,45+,47+,65?/m1/s1. The number of rotatable bonds is 31. The minimum Gasteiger partial charge on any atom is -0.492 e. The Morgan fingerprint density at radius 1 is 0.851 bits per heavy atom. The molecule has 17 heteroatoms. The average molecular weight is 1010 g/mol. The molecule has 1 unspecified atom stereocenters. The third-order valence-electron chi connectivity index (χ3n) is 14.2. The summed E-state index contributed by atoms with van der Waals surface area (Å²) in [6.07, 6.45) is -0.797. The van der Waals surface area contributed by atoms with Crippen LogP contribution in [0.4, 0.5) is 26.3 Å². The van der Waals surface area contributed by atoms with Gasteiger partial charge in [0.15, 0.2) is 0 Å². The number of halogens is 6. The van der Waals surface area contributed by atoms with Crippen molar-refractivity contribution < 1.29 is 49.6 Å². The van der Waals surface area contributed by atoms with Crippen LogP contribution in [0.5, 0.6) is 5.75 Å². The highest BCUT2D eigenvalue weighted by atomic mass is 33.1. The van der Waals surface area contributed by atoms with Crippen LogP contribution >= 0.6 is 30.1 Å². The molecule has 2 saturated carbocycles. The van der Waals surface area contributed by atoms with E-state index in [1.807, 2.05) is 21.6 Å². The number of fused-ring (bicyclic) bond motifs is 5. The molecule has 6 atom stereocenters. The zero-order valence-corrected chi connectivity index (χ0v) is 44.4. The number of nitrogens with zero attached hydrogens (tertiary/aromatic N) is 3. The third kappa shape index (κ3) is 16.5. The molecule has 3 aliphatic rings. The number of benzene rings is 1. The van der Waals surface area contributed by atoms with Gasteiger partial charge in [0.1, 0.15) is 12.4 Å². The fourth-order valence-corrected chi connectivity index (χ4v) is 15.0. The van der Waals surface area contributed by atoms with Gasteiger partial charge in [-0.15, -0.1) is 0 Å². The second kappa shape index (κ2) is 27.2. The molecular formula is C50H82F6N3O5PS2. The number of unbranched alkanes of at least 4 members (excludes halogenated alkanes) is 3. The van der Waals surface area contributed by atoms with Crippen LogP contribution in [0.3, 0.4) is 0 Å². The van der Waals surface area contributed by atoms with E-state index in [9.17, 15) is 26.3 Å². The SMILES string of the molecule is CCCC(OCCCO[C@H]1CC[C@H]2[C@@H]3CCc4cc(OCCN(C)CCC(C)(C)SSCCCCCCOP(OCCC#N)N(C(C)C)C(C)C)ccc4[C@H]3CC[C@]12C)(C(F)(F)F)C(F)(F)F. The van der Waals surface area contributed by atoms with E-state index < -0.39 is 39.5 Å². The van der Waals surface area contributed by atoms with Crippen LogP contribution in [0.25, 0.3) is 0 Å². The fourth-order valence-electron chi connectivity index (χ4n) is 10.6. The van der Waals surface area contributed by atoms with E-state index in [4.69, 9.17) is 23.8 Å². The Morgan fingerprint density at radius 2 is 1.55 bits per heavy atom. The van der Waals surface area contributed by atoms with Crippen LogP contribution in [-0.4, -0.2) is 109 Å². The molecular weight excluding hydrogens is 932 g/mol. The van der Waals surface area contributed by atoms with Gasteiger partial charge in [-0.05, 0) is 172 Å². The normalized spacial score (nSPS) is 22.9. The van der Waals surface area contributed by atoms with Crippen molar-refractivity contribution in [2.75, 3.05) is 58.9 Å². The first-order chi connectivity index (χ1) is 31.6. The van der Waals surface area contributed by atoms with Gasteiger partial charge in [0, 0.05) is 35.7 Å². The topological polar surface area (TPSA) is 76.4 Å². The summed E-state index contributed by atoms with van der Waals surface area (Å²) in [6.45, 7) is 19.8. The number of aryl methyl sites for hydroxylation is 1. The molecule has 4 rings (SSSR count). The molecule has 3 aliphatic carbocycles. The van der Waals surface area contributed by atoms with E-state index in [-0.39, 0.29) is 35.7 Å². The predicted octanol–water partition coefficient (Wildman–Crippen LogP) is 14.7. The lowest BCUT2D eigenvalue weighted by Gasteiger charge is -2.50. The molecule has 386 valence electrons. The summed E-state index contributed by atoms with van der Waals surface area (Å²) in [5, 5.41) is 8.93. The van der Waals surface area contributed by atoms with Gasteiger partial charge in [-0.3, -0.25) is 0 Å². The van der Waals surface area contributed by atoms with Gasteiger partial charge in [0.2, 0.25) is 0 Å². The van der Waals surface area contributed by atoms with Crippen molar-refractivity contribution in [3.05, 3.63) is 29.3 Å². The quantitative estimate of drug-likeness (QED) is 0.0311. The molecule has 0 saturated heterocycles. The number of ether oxygens (including phenoxy) is 3. The molecule has 0 spiro atoms. The van der Waals surface area contributed by atoms with E-state index >= 15 is 0 Å². The Balaban J connectivity index is 1.11. The molecule has 0 bridgehead atoms. The Kier molecular flexibility index (Phi) is 23.7. The molecule has 1 aromatic rings. The number of likely N-dealkylation sites (N-methyl/N-ethyl adjacent to an activating group) is 1. The molecule has 0 aliphatic heterocycles. The van der Waals surface area contributed by atoms with Crippen molar-refractivity contribution in [1.29, 1.82) is 5.26 Å². The maximum atomic E-state index is 13.7. The van der Waals surface area contributed by atoms with Crippen molar-refractivity contribution in [2.45, 2.75) is 199 Å². The zero-order chi connectivity index (χ0) is 49.5. The molecule has 0 N–H and O–H groups in total. The van der Waals surface area contributed by atoms with Crippen LogP contribution < -0.4 is 4.74 Å². The number of hydrogen-bond acceptors (Lipinski definition) is 10. The molecule has 0 heterocycles. The smallest absolute Gasteiger partial charge is 0.426 e. The summed E-state index contributed by atoms with van der Waals surface area (Å²) < 4.78 is 114. The van der Waals surface area contributed by atoms with E-state index in [0.29, 0.717) is 56.1 Å². The second-order valence-corrected chi connectivity index (χ2v) is 25.0. The minimum absolute atomic E-state index is 0.0335. The van der Waals surface area contributed by atoms with E-state index in [2.05, 4.69) is 94.1 Å². The molecule has 0 radical (unpaired) electrons. The molecule has 1 aromatic carbocycles. The van der Waals surface area contributed by atoms with Gasteiger partial charge in [0.25, 0.3) is 14.1 Å². The van der Waals surface area contributed by atoms with Crippen molar-refractivity contribution in [3.8, 4) is 11.8 Å². The lowest BCUT2D eigenvalue weighted by molar-refractivity contribution is -0.383. The van der Waals surface area contributed by atoms with Crippen LogP contribution in [0, 0.1) is 28.6 Å². The maximum Gasteiger partial charge on any atom is 0.426 e. The molecule has 8 nitrogen and oxygen atoms in total. The number of nitriles is 1. The average Bonchev–Trinajstić information content (AvgIpc) is 3.59. The van der Waals surface area contributed by atoms with Crippen molar-refractivity contribution in [1.82, 2.24) is 9.57 Å². The summed E-state index contributed by atoms with van der Waals surface area (Å²) >= 11 is 0. The van der Waals surface area contributed by atoms with Crippen LogP contribution in [0.15, 0.2) is 18.2 Å². The highest BCUT2D eigenvalue weighted by Crippen LogP contribution is 2.62. The van der Waals surface area contributed by atoms with Gasteiger partial charge in [0.05, 0.1) is 38.4 Å². The van der Waals surface area contributed by atoms with Gasteiger partial charge in [-0.1, -0.05) is 60.8 Å². The first-order valence-electron chi connectivity index (χ1n) is 25.0. The maximum absolute atomic E-state index is 13.7. The molecule has 67 heavy (non-hydrogen) atoms. The molecule has 0 aromatic heterocycles. The van der Waals surface area contributed by atoms with Gasteiger partial charge in [-0.25, -0.2) is 4.67 Å². The highest BCUT2D eigenvalue weighted by molar-refractivity contribution is 8.77. The highest BCUT2D eigenvalue weighted by Gasteiger charge is 2.71. The zero-order valence-electron chi connectivity index (χ0n) is 41.9. The van der Waals surface area contributed by atoms with Crippen LogP contribution in [0.1, 0.15) is 162 Å². The number of hydrogen-bond donors (Lipinski definition) is 0. The minimum atomic E-state index is -5.55. The van der Waals surface area contributed by atoms with E-state index in [0.717, 1.165) is 82.4 Å². The molecule has 2 fully saturated rings. The van der Waals surface area contributed by atoms with Crippen LogP contribution in [0.2, 0.25) is 0 Å². The second-order valence-electron chi connectivity index (χ2n) is 20.4. The fraction of sp³-hybridized carbons (Fsp3) is 0.860. The summed E-state index contributed by atoms with van der Waals surface area (Å²) in [4.78, 5) is 2.35. The first-order valence-corrected chi connectivity index (χ1v) is 28.4. The molecule has 0 amide bonds. The summed E-state index contributed by atoms with van der Waals surface area (Å²) in [6, 6.07) is 9.39. The largest absolute Gasteiger partial charge is 0.492 e. The van der Waals surface area contributed by atoms with Crippen molar-refractivity contribution in [2.24, 2.45) is 17.3 Å². The first kappa shape index (κ1) is 58.5. The van der Waals surface area contributed by atoms with Gasteiger partial charge < -0.3 is 28.2 Å². The van der Waals surface area contributed by atoms with E-state index in [1.165, 1.54) is 30.9 Å². The Hall–Kier alpha value is -1.02. The predicted molar refractivity (Wildman–Crippen MR) is 262 cm³/mol. The van der Waals surface area contributed by atoms with Gasteiger partial charge >= 0.3 is 12.4 Å². The Morgan fingerprint density at radius 3 is 2.22 bits per heavy atom. The lowest BCUT2D eigenvalue weighted by Crippen LogP contribution is -2.58. The van der Waals surface area contributed by atoms with Crippen molar-refractivity contribution in [3.63, 3.8) is 0 Å². The Bertz CT molecular complexity index is 1630. The monoisotopic (exact) mass is 1010 g/mol. The van der Waals surface area contributed by atoms with Gasteiger partial charge in [-0.2, -0.15) is 31.6 Å². The lowest BCUT2D eigenvalue weighted by atomic mass is 9.55. The van der Waals surface area contributed by atoms with Crippen LogP contribution in [-0.2, 0) is 24.9 Å². The van der Waals surface area contributed by atoms with E-state index in [1.54, 1.807) is 0 Å². The number of alkyl halides is 6. The summed E-state index contributed by atoms with van der Waals surface area (Å²) in [5.74, 6) is 3.48.